The summed E-state index contributed by atoms with van der Waals surface area (Å²) in [6.45, 7) is 8.93. The molecule has 0 aromatic heterocycles. The maximum atomic E-state index is 12.0. The van der Waals surface area contributed by atoms with E-state index in [0.717, 1.165) is 18.4 Å². The van der Waals surface area contributed by atoms with Crippen LogP contribution < -0.4 is 4.74 Å². The molecule has 0 atom stereocenters. The smallest absolute Gasteiger partial charge is 0.179 e. The Bertz CT molecular complexity index is 554. The van der Waals surface area contributed by atoms with Crippen molar-refractivity contribution in [1.82, 2.24) is 0 Å². The highest BCUT2D eigenvalue weighted by Gasteiger charge is 2.20. The minimum absolute atomic E-state index is 0.0842. The van der Waals surface area contributed by atoms with Crippen molar-refractivity contribution in [3.05, 3.63) is 23.8 Å². The van der Waals surface area contributed by atoms with Crippen LogP contribution in [0, 0.1) is 0 Å². The van der Waals surface area contributed by atoms with Crippen molar-refractivity contribution in [2.75, 3.05) is 12.9 Å². The van der Waals surface area contributed by atoms with Crippen molar-refractivity contribution in [3.8, 4) is 5.75 Å². The van der Waals surface area contributed by atoms with Crippen LogP contribution in [0.1, 0.15) is 58.9 Å². The van der Waals surface area contributed by atoms with Crippen LogP contribution in [0.2, 0.25) is 0 Å². The Morgan fingerprint density at radius 1 is 1.10 bits per heavy atom. The number of sulfone groups is 1. The summed E-state index contributed by atoms with van der Waals surface area (Å²) in [5.74, 6) is 0.474. The zero-order chi connectivity index (χ0) is 16.1. The average Bonchev–Trinajstić information content (AvgIpc) is 2.36. The molecule has 0 spiro atoms. The number of hydrogen-bond acceptors (Lipinski definition) is 3. The van der Waals surface area contributed by atoms with E-state index in [4.69, 9.17) is 4.74 Å². The van der Waals surface area contributed by atoms with E-state index in [-0.39, 0.29) is 5.41 Å². The van der Waals surface area contributed by atoms with Gasteiger partial charge in [0.1, 0.15) is 10.6 Å². The summed E-state index contributed by atoms with van der Waals surface area (Å²) in [4.78, 5) is 0.297. The molecule has 1 aromatic carbocycles. The average molecular weight is 312 g/mol. The number of unbranched alkanes of at least 4 members (excludes halogenated alkanes) is 3. The van der Waals surface area contributed by atoms with Crippen LogP contribution in [0.5, 0.6) is 5.75 Å². The minimum Gasteiger partial charge on any atom is -0.492 e. The van der Waals surface area contributed by atoms with E-state index in [1.54, 1.807) is 12.1 Å². The van der Waals surface area contributed by atoms with E-state index in [1.165, 1.54) is 19.1 Å². The van der Waals surface area contributed by atoms with Crippen LogP contribution in [-0.4, -0.2) is 21.3 Å². The molecule has 0 unspecified atom stereocenters. The van der Waals surface area contributed by atoms with Gasteiger partial charge in [0.25, 0.3) is 0 Å². The summed E-state index contributed by atoms with van der Waals surface area (Å²) >= 11 is 0. The molecule has 21 heavy (non-hydrogen) atoms. The SMILES string of the molecule is CCCCCCOc1ccc(C(C)(C)C)cc1S(C)(=O)=O. The summed E-state index contributed by atoms with van der Waals surface area (Å²) < 4.78 is 29.7. The van der Waals surface area contributed by atoms with Crippen LogP contribution in [-0.2, 0) is 15.3 Å². The van der Waals surface area contributed by atoms with E-state index in [2.05, 4.69) is 27.7 Å². The molecule has 1 aromatic rings. The van der Waals surface area contributed by atoms with Gasteiger partial charge in [-0.3, -0.25) is 0 Å². The molecule has 0 bridgehead atoms. The molecular weight excluding hydrogens is 284 g/mol. The second-order valence-corrected chi connectivity index (χ2v) is 8.58. The van der Waals surface area contributed by atoms with Crippen molar-refractivity contribution < 1.29 is 13.2 Å². The van der Waals surface area contributed by atoms with Crippen LogP contribution >= 0.6 is 0 Å². The molecule has 1 rings (SSSR count). The van der Waals surface area contributed by atoms with Gasteiger partial charge in [0, 0.05) is 6.26 Å². The molecule has 0 amide bonds. The lowest BCUT2D eigenvalue weighted by Gasteiger charge is -2.21. The fraction of sp³-hybridized carbons (Fsp3) is 0.647. The predicted molar refractivity (Wildman–Crippen MR) is 87.9 cm³/mol. The highest BCUT2D eigenvalue weighted by molar-refractivity contribution is 7.90. The molecule has 0 N–H and O–H groups in total. The van der Waals surface area contributed by atoms with Gasteiger partial charge in [-0.2, -0.15) is 0 Å². The molecule has 0 heterocycles. The first-order valence-corrected chi connectivity index (χ1v) is 9.53. The zero-order valence-corrected chi connectivity index (χ0v) is 14.7. The van der Waals surface area contributed by atoms with Crippen molar-refractivity contribution >= 4 is 9.84 Å². The Morgan fingerprint density at radius 3 is 2.29 bits per heavy atom. The Labute approximate surface area is 129 Å². The number of hydrogen-bond donors (Lipinski definition) is 0. The first kappa shape index (κ1) is 18.0. The number of benzene rings is 1. The highest BCUT2D eigenvalue weighted by Crippen LogP contribution is 2.31. The molecule has 3 nitrogen and oxygen atoms in total. The van der Waals surface area contributed by atoms with Gasteiger partial charge in [-0.05, 0) is 29.5 Å². The molecule has 0 saturated heterocycles. The monoisotopic (exact) mass is 312 g/mol. The van der Waals surface area contributed by atoms with Crippen molar-refractivity contribution in [2.24, 2.45) is 0 Å². The van der Waals surface area contributed by atoms with Crippen LogP contribution in [0.4, 0.5) is 0 Å². The lowest BCUT2D eigenvalue weighted by molar-refractivity contribution is 0.297. The summed E-state index contributed by atoms with van der Waals surface area (Å²) in [5.41, 5.74) is 0.917. The van der Waals surface area contributed by atoms with Gasteiger partial charge in [0.05, 0.1) is 6.61 Å². The molecule has 0 radical (unpaired) electrons. The highest BCUT2D eigenvalue weighted by atomic mass is 32.2. The van der Waals surface area contributed by atoms with E-state index in [1.807, 2.05) is 6.07 Å². The van der Waals surface area contributed by atoms with Gasteiger partial charge in [-0.25, -0.2) is 8.42 Å². The third-order valence-electron chi connectivity index (χ3n) is 3.46. The molecule has 0 aliphatic rings. The van der Waals surface area contributed by atoms with Gasteiger partial charge < -0.3 is 4.74 Å². The van der Waals surface area contributed by atoms with E-state index < -0.39 is 9.84 Å². The van der Waals surface area contributed by atoms with Crippen molar-refractivity contribution in [1.29, 1.82) is 0 Å². The van der Waals surface area contributed by atoms with Gasteiger partial charge in [0.2, 0.25) is 0 Å². The van der Waals surface area contributed by atoms with E-state index >= 15 is 0 Å². The molecule has 0 saturated carbocycles. The third-order valence-corrected chi connectivity index (χ3v) is 4.58. The van der Waals surface area contributed by atoms with Crippen LogP contribution in [0.25, 0.3) is 0 Å². The van der Waals surface area contributed by atoms with E-state index in [0.29, 0.717) is 17.3 Å². The largest absolute Gasteiger partial charge is 0.492 e. The molecule has 0 aliphatic carbocycles. The Kier molecular flexibility index (Phi) is 6.26. The minimum atomic E-state index is -3.29. The maximum Gasteiger partial charge on any atom is 0.179 e. The van der Waals surface area contributed by atoms with Crippen LogP contribution in [0.15, 0.2) is 23.1 Å². The Morgan fingerprint density at radius 2 is 1.76 bits per heavy atom. The summed E-state index contributed by atoms with van der Waals surface area (Å²) in [5, 5.41) is 0. The summed E-state index contributed by atoms with van der Waals surface area (Å²) in [6.07, 6.45) is 5.67. The number of ether oxygens (including phenoxy) is 1. The maximum absolute atomic E-state index is 12.0. The second-order valence-electron chi connectivity index (χ2n) is 6.59. The van der Waals surface area contributed by atoms with Crippen molar-refractivity contribution in [2.45, 2.75) is 63.7 Å². The van der Waals surface area contributed by atoms with Gasteiger partial charge in [-0.1, -0.05) is 53.0 Å². The Hall–Kier alpha value is -1.03. The lowest BCUT2D eigenvalue weighted by atomic mass is 9.87. The quantitative estimate of drug-likeness (QED) is 0.703. The molecule has 0 fully saturated rings. The fourth-order valence-corrected chi connectivity index (χ4v) is 2.93. The van der Waals surface area contributed by atoms with E-state index in [9.17, 15) is 8.42 Å². The molecule has 0 aliphatic heterocycles. The summed E-state index contributed by atoms with van der Waals surface area (Å²) in [6, 6.07) is 5.49. The van der Waals surface area contributed by atoms with Gasteiger partial charge >= 0.3 is 0 Å². The first-order valence-electron chi connectivity index (χ1n) is 7.63. The number of rotatable bonds is 7. The van der Waals surface area contributed by atoms with Crippen molar-refractivity contribution in [3.63, 3.8) is 0 Å². The first-order chi connectivity index (χ1) is 9.66. The zero-order valence-electron chi connectivity index (χ0n) is 13.9. The fourth-order valence-electron chi connectivity index (χ4n) is 2.09. The Balaban J connectivity index is 2.94. The third kappa shape index (κ3) is 5.70. The second kappa shape index (κ2) is 7.30. The molecular formula is C17H28O3S. The topological polar surface area (TPSA) is 43.4 Å². The normalized spacial score (nSPS) is 12.4. The van der Waals surface area contributed by atoms with Crippen LogP contribution in [0.3, 0.4) is 0 Å². The predicted octanol–water partition coefficient (Wildman–Crippen LogP) is 4.35. The summed E-state index contributed by atoms with van der Waals surface area (Å²) in [7, 11) is -3.29. The lowest BCUT2D eigenvalue weighted by Crippen LogP contribution is -2.13. The standard InChI is InChI=1S/C17H28O3S/c1-6-7-8-9-12-20-15-11-10-14(17(2,3)4)13-16(15)21(5,18)19/h10-11,13H,6-9,12H2,1-5H3. The van der Waals surface area contributed by atoms with Gasteiger partial charge in [0.15, 0.2) is 9.84 Å². The van der Waals surface area contributed by atoms with Gasteiger partial charge in [-0.15, -0.1) is 0 Å². The molecule has 4 heteroatoms. The molecule has 120 valence electrons.